The summed E-state index contributed by atoms with van der Waals surface area (Å²) in [6.07, 6.45) is 1.68. The topological polar surface area (TPSA) is 98.8 Å². The molecule has 4 aromatic rings. The SMILES string of the molecule is CCOC(=O)C(NC(=O)c1cc2cc(Cl)ccc2o1)c1ncc(-c2ccc(N3CCOCC3)cc2)n1C. The summed E-state index contributed by atoms with van der Waals surface area (Å²) in [6.45, 7) is 5.02. The molecule has 0 spiro atoms. The lowest BCUT2D eigenvalue weighted by atomic mass is 10.1. The number of amides is 1. The van der Waals surface area contributed by atoms with Gasteiger partial charge in [-0.2, -0.15) is 0 Å². The van der Waals surface area contributed by atoms with Gasteiger partial charge < -0.3 is 28.7 Å². The summed E-state index contributed by atoms with van der Waals surface area (Å²) >= 11 is 6.04. The molecule has 2 aromatic carbocycles. The maximum atomic E-state index is 13.1. The third-order valence-corrected chi connectivity index (χ3v) is 6.56. The summed E-state index contributed by atoms with van der Waals surface area (Å²) in [5.74, 6) is -0.777. The molecule has 2 aromatic heterocycles. The third kappa shape index (κ3) is 5.19. The molecule has 37 heavy (non-hydrogen) atoms. The van der Waals surface area contributed by atoms with Crippen molar-refractivity contribution in [3.63, 3.8) is 0 Å². The van der Waals surface area contributed by atoms with Crippen LogP contribution in [0.15, 0.2) is 59.1 Å². The van der Waals surface area contributed by atoms with Gasteiger partial charge in [0, 0.05) is 36.2 Å². The second kappa shape index (κ2) is 10.7. The lowest BCUT2D eigenvalue weighted by Gasteiger charge is -2.28. The van der Waals surface area contributed by atoms with Gasteiger partial charge in [-0.15, -0.1) is 0 Å². The summed E-state index contributed by atoms with van der Waals surface area (Å²) in [4.78, 5) is 32.7. The number of hydrogen-bond acceptors (Lipinski definition) is 7. The van der Waals surface area contributed by atoms with Gasteiger partial charge in [-0.1, -0.05) is 23.7 Å². The number of nitrogens with one attached hydrogen (secondary N) is 1. The Balaban J connectivity index is 1.40. The number of carbonyl (C=O) groups is 2. The van der Waals surface area contributed by atoms with Gasteiger partial charge in [0.2, 0.25) is 0 Å². The van der Waals surface area contributed by atoms with Gasteiger partial charge in [-0.25, -0.2) is 9.78 Å². The molecule has 5 rings (SSSR count). The number of ether oxygens (including phenoxy) is 2. The smallest absolute Gasteiger partial charge is 0.336 e. The molecule has 0 bridgehead atoms. The maximum Gasteiger partial charge on any atom is 0.336 e. The maximum absolute atomic E-state index is 13.1. The van der Waals surface area contributed by atoms with Crippen LogP contribution >= 0.6 is 11.6 Å². The molecule has 1 N–H and O–H groups in total. The Hall–Kier alpha value is -3.82. The lowest BCUT2D eigenvalue weighted by molar-refractivity contribution is -0.145. The van der Waals surface area contributed by atoms with E-state index >= 15 is 0 Å². The average Bonchev–Trinajstić information content (AvgIpc) is 3.51. The molecule has 1 fully saturated rings. The standard InChI is InChI=1S/C27H27ClN4O5/c1-3-36-27(34)24(30-26(33)23-15-18-14-19(28)6-9-22(18)37-23)25-29-16-21(31(25)2)17-4-7-20(8-5-17)32-10-12-35-13-11-32/h4-9,14-16,24H,3,10-13H2,1-2H3,(H,30,33). The molecule has 1 unspecified atom stereocenters. The van der Waals surface area contributed by atoms with Crippen molar-refractivity contribution in [1.82, 2.24) is 14.9 Å². The number of benzene rings is 2. The normalized spacial score (nSPS) is 14.5. The van der Waals surface area contributed by atoms with E-state index in [4.69, 9.17) is 25.5 Å². The van der Waals surface area contributed by atoms with Gasteiger partial charge in [-0.3, -0.25) is 4.79 Å². The van der Waals surface area contributed by atoms with Crippen molar-refractivity contribution in [3.05, 3.63) is 71.3 Å². The molecule has 1 amide bonds. The van der Waals surface area contributed by atoms with E-state index in [-0.39, 0.29) is 12.4 Å². The first-order chi connectivity index (χ1) is 17.9. The molecular weight excluding hydrogens is 496 g/mol. The summed E-state index contributed by atoms with van der Waals surface area (Å²) in [5, 5.41) is 3.94. The quantitative estimate of drug-likeness (QED) is 0.360. The van der Waals surface area contributed by atoms with Gasteiger partial charge in [0.15, 0.2) is 11.8 Å². The third-order valence-electron chi connectivity index (χ3n) is 6.32. The molecule has 3 heterocycles. The van der Waals surface area contributed by atoms with E-state index in [9.17, 15) is 9.59 Å². The Kier molecular flexibility index (Phi) is 7.16. The average molecular weight is 523 g/mol. The van der Waals surface area contributed by atoms with Gasteiger partial charge in [0.25, 0.3) is 5.91 Å². The summed E-state index contributed by atoms with van der Waals surface area (Å²) in [5.41, 5.74) is 3.37. The second-order valence-corrected chi connectivity index (χ2v) is 9.09. The van der Waals surface area contributed by atoms with Crippen LogP contribution < -0.4 is 10.2 Å². The van der Waals surface area contributed by atoms with E-state index in [2.05, 4.69) is 27.3 Å². The fourth-order valence-electron chi connectivity index (χ4n) is 4.41. The molecule has 1 atom stereocenters. The number of anilines is 1. The Morgan fingerprint density at radius 1 is 1.14 bits per heavy atom. The Morgan fingerprint density at radius 3 is 2.62 bits per heavy atom. The van der Waals surface area contributed by atoms with Crippen LogP contribution in [0.1, 0.15) is 29.3 Å². The van der Waals surface area contributed by atoms with Crippen LogP contribution in [0.25, 0.3) is 22.2 Å². The van der Waals surface area contributed by atoms with Crippen molar-refractivity contribution in [1.29, 1.82) is 0 Å². The predicted octanol–water partition coefficient (Wildman–Crippen LogP) is 4.36. The minimum absolute atomic E-state index is 0.0553. The number of fused-ring (bicyclic) bond motifs is 1. The van der Waals surface area contributed by atoms with Crippen molar-refractivity contribution in [2.75, 3.05) is 37.8 Å². The number of furan rings is 1. The molecule has 1 saturated heterocycles. The highest BCUT2D eigenvalue weighted by Crippen LogP contribution is 2.27. The highest BCUT2D eigenvalue weighted by molar-refractivity contribution is 6.31. The van der Waals surface area contributed by atoms with Crippen molar-refractivity contribution >= 4 is 40.1 Å². The molecule has 192 valence electrons. The van der Waals surface area contributed by atoms with Gasteiger partial charge in [0.05, 0.1) is 31.7 Å². The predicted molar refractivity (Wildman–Crippen MR) is 140 cm³/mol. The summed E-state index contributed by atoms with van der Waals surface area (Å²) < 4.78 is 18.1. The minimum atomic E-state index is -1.13. The number of rotatable bonds is 7. The van der Waals surface area contributed by atoms with E-state index in [0.29, 0.717) is 21.8 Å². The second-order valence-electron chi connectivity index (χ2n) is 8.66. The van der Waals surface area contributed by atoms with E-state index in [0.717, 1.165) is 43.2 Å². The Bertz CT molecular complexity index is 1420. The fraction of sp³-hybridized carbons (Fsp3) is 0.296. The molecule has 1 aliphatic heterocycles. The van der Waals surface area contributed by atoms with Crippen LogP contribution in [0.4, 0.5) is 5.69 Å². The number of aromatic nitrogens is 2. The fourth-order valence-corrected chi connectivity index (χ4v) is 4.59. The number of morpholine rings is 1. The van der Waals surface area contributed by atoms with Gasteiger partial charge in [-0.05, 0) is 48.9 Å². The highest BCUT2D eigenvalue weighted by atomic mass is 35.5. The summed E-state index contributed by atoms with van der Waals surface area (Å²) in [6, 6.07) is 13.7. The first-order valence-corrected chi connectivity index (χ1v) is 12.4. The van der Waals surface area contributed by atoms with E-state index < -0.39 is 17.9 Å². The number of nitrogens with zero attached hydrogens (tertiary/aromatic N) is 3. The largest absolute Gasteiger partial charge is 0.464 e. The monoisotopic (exact) mass is 522 g/mol. The van der Waals surface area contributed by atoms with E-state index in [1.807, 2.05) is 12.1 Å². The van der Waals surface area contributed by atoms with Crippen molar-refractivity contribution < 1.29 is 23.5 Å². The van der Waals surface area contributed by atoms with Crippen LogP contribution in [0.5, 0.6) is 0 Å². The van der Waals surface area contributed by atoms with Crippen molar-refractivity contribution in [3.8, 4) is 11.3 Å². The zero-order valence-electron chi connectivity index (χ0n) is 20.6. The zero-order valence-corrected chi connectivity index (χ0v) is 21.3. The molecule has 9 nitrogen and oxygen atoms in total. The van der Waals surface area contributed by atoms with E-state index in [1.54, 1.807) is 49.0 Å². The zero-order chi connectivity index (χ0) is 25.9. The molecule has 0 saturated carbocycles. The van der Waals surface area contributed by atoms with Gasteiger partial charge >= 0.3 is 5.97 Å². The molecule has 0 aliphatic carbocycles. The molecular formula is C27H27ClN4O5. The van der Waals surface area contributed by atoms with Gasteiger partial charge in [0.1, 0.15) is 11.4 Å². The molecule has 1 aliphatic rings. The van der Waals surface area contributed by atoms with Crippen LogP contribution in [-0.2, 0) is 21.3 Å². The van der Waals surface area contributed by atoms with Crippen LogP contribution in [0, 0.1) is 0 Å². The first kappa shape index (κ1) is 24.9. The minimum Gasteiger partial charge on any atom is -0.464 e. The van der Waals surface area contributed by atoms with Crippen LogP contribution in [-0.4, -0.2) is 54.3 Å². The van der Waals surface area contributed by atoms with Crippen LogP contribution in [0.2, 0.25) is 5.02 Å². The molecule has 10 heteroatoms. The van der Waals surface area contributed by atoms with Crippen molar-refractivity contribution in [2.24, 2.45) is 7.05 Å². The van der Waals surface area contributed by atoms with Crippen LogP contribution in [0.3, 0.4) is 0 Å². The molecule has 0 radical (unpaired) electrons. The number of hydrogen-bond donors (Lipinski definition) is 1. The number of esters is 1. The van der Waals surface area contributed by atoms with E-state index in [1.165, 1.54) is 0 Å². The Morgan fingerprint density at radius 2 is 1.89 bits per heavy atom. The first-order valence-electron chi connectivity index (χ1n) is 12.1. The summed E-state index contributed by atoms with van der Waals surface area (Å²) in [7, 11) is 1.80. The number of imidazole rings is 1. The Labute approximate surface area is 218 Å². The highest BCUT2D eigenvalue weighted by Gasteiger charge is 2.30. The number of carbonyl (C=O) groups excluding carboxylic acids is 2. The number of halogens is 1. The lowest BCUT2D eigenvalue weighted by Crippen LogP contribution is -2.36. The van der Waals surface area contributed by atoms with Crippen molar-refractivity contribution in [2.45, 2.75) is 13.0 Å².